The number of sulfonamides is 1. The van der Waals surface area contributed by atoms with Gasteiger partial charge in [-0.2, -0.15) is 0 Å². The lowest BCUT2D eigenvalue weighted by Gasteiger charge is -2.10. The van der Waals surface area contributed by atoms with Crippen LogP contribution in [-0.4, -0.2) is 29.8 Å². The van der Waals surface area contributed by atoms with Gasteiger partial charge in [0, 0.05) is 29.4 Å². The number of carbonyl (C=O) groups excluding carboxylic acids is 1. The summed E-state index contributed by atoms with van der Waals surface area (Å²) in [6.45, 7) is 3.49. The van der Waals surface area contributed by atoms with Crippen molar-refractivity contribution in [2.45, 2.75) is 24.8 Å². The zero-order valence-corrected chi connectivity index (χ0v) is 16.9. The van der Waals surface area contributed by atoms with E-state index in [4.69, 9.17) is 11.6 Å². The Bertz CT molecular complexity index is 1100. The number of aromatic nitrogens is 2. The molecule has 2 aromatic heterocycles. The number of halogens is 1. The second-order valence-electron chi connectivity index (χ2n) is 5.97. The number of anilines is 1. The molecule has 27 heavy (non-hydrogen) atoms. The fourth-order valence-electron chi connectivity index (χ4n) is 2.36. The maximum atomic E-state index is 12.1. The number of thiazole rings is 1. The van der Waals surface area contributed by atoms with Crippen LogP contribution in [0.2, 0.25) is 5.15 Å². The molecule has 0 atom stereocenters. The van der Waals surface area contributed by atoms with E-state index in [0.717, 1.165) is 4.96 Å². The number of amides is 1. The number of benzene rings is 1. The van der Waals surface area contributed by atoms with Crippen LogP contribution in [-0.2, 0) is 14.8 Å². The van der Waals surface area contributed by atoms with Crippen molar-refractivity contribution in [3.63, 3.8) is 0 Å². The average molecular weight is 425 g/mol. The zero-order chi connectivity index (χ0) is 19.6. The summed E-state index contributed by atoms with van der Waals surface area (Å²) in [6.07, 6.45) is 4.74. The molecule has 2 heterocycles. The van der Waals surface area contributed by atoms with Crippen LogP contribution in [0.15, 0.2) is 46.8 Å². The molecule has 0 spiro atoms. The van der Waals surface area contributed by atoms with E-state index in [0.29, 0.717) is 16.5 Å². The third-order valence-corrected chi connectivity index (χ3v) is 6.18. The van der Waals surface area contributed by atoms with Crippen molar-refractivity contribution in [1.82, 2.24) is 14.1 Å². The van der Waals surface area contributed by atoms with E-state index >= 15 is 0 Å². The van der Waals surface area contributed by atoms with E-state index in [-0.39, 0.29) is 16.8 Å². The van der Waals surface area contributed by atoms with Gasteiger partial charge in [-0.05, 0) is 44.2 Å². The largest absolute Gasteiger partial charge is 0.323 e. The summed E-state index contributed by atoms with van der Waals surface area (Å²) in [7, 11) is -3.56. The van der Waals surface area contributed by atoms with Gasteiger partial charge in [-0.15, -0.1) is 11.3 Å². The molecular formula is C17H17ClN4O3S2. The Kier molecular flexibility index (Phi) is 5.66. The molecule has 7 nitrogen and oxygen atoms in total. The first-order chi connectivity index (χ1) is 12.8. The van der Waals surface area contributed by atoms with Crippen molar-refractivity contribution >= 4 is 55.6 Å². The molecule has 0 bridgehead atoms. The van der Waals surface area contributed by atoms with Gasteiger partial charge >= 0.3 is 0 Å². The fourth-order valence-corrected chi connectivity index (χ4v) is 4.62. The molecule has 142 valence electrons. The Balaban J connectivity index is 1.69. The highest BCUT2D eigenvalue weighted by atomic mass is 35.5. The molecule has 3 rings (SSSR count). The van der Waals surface area contributed by atoms with Crippen LogP contribution < -0.4 is 10.0 Å². The second kappa shape index (κ2) is 7.81. The highest BCUT2D eigenvalue weighted by molar-refractivity contribution is 7.89. The molecule has 1 aromatic carbocycles. The summed E-state index contributed by atoms with van der Waals surface area (Å²) >= 11 is 7.52. The highest BCUT2D eigenvalue weighted by Crippen LogP contribution is 2.22. The molecule has 2 N–H and O–H groups in total. The Morgan fingerprint density at radius 3 is 2.67 bits per heavy atom. The van der Waals surface area contributed by atoms with Crippen LogP contribution in [0.25, 0.3) is 11.0 Å². The normalized spacial score (nSPS) is 12.3. The van der Waals surface area contributed by atoms with Crippen LogP contribution in [0.1, 0.15) is 19.5 Å². The molecule has 0 saturated heterocycles. The second-order valence-corrected chi connectivity index (χ2v) is 8.91. The third kappa shape index (κ3) is 4.56. The van der Waals surface area contributed by atoms with Gasteiger partial charge in [-0.3, -0.25) is 9.20 Å². The number of imidazole rings is 1. The van der Waals surface area contributed by atoms with Crippen LogP contribution >= 0.6 is 22.9 Å². The average Bonchev–Trinajstić information content (AvgIpc) is 3.13. The van der Waals surface area contributed by atoms with Crippen molar-refractivity contribution in [3.05, 3.63) is 52.8 Å². The lowest BCUT2D eigenvalue weighted by atomic mass is 10.3. The smallest absolute Gasteiger partial charge is 0.248 e. The predicted molar refractivity (Wildman–Crippen MR) is 108 cm³/mol. The van der Waals surface area contributed by atoms with E-state index in [9.17, 15) is 13.2 Å². The minimum atomic E-state index is -3.56. The highest BCUT2D eigenvalue weighted by Gasteiger charge is 2.15. The summed E-state index contributed by atoms with van der Waals surface area (Å²) in [6, 6.07) is 5.73. The molecule has 0 aliphatic heterocycles. The van der Waals surface area contributed by atoms with Gasteiger partial charge < -0.3 is 5.32 Å². The van der Waals surface area contributed by atoms with E-state index in [1.807, 2.05) is 11.6 Å². The third-order valence-electron chi connectivity index (χ3n) is 3.47. The Morgan fingerprint density at radius 1 is 1.30 bits per heavy atom. The summed E-state index contributed by atoms with van der Waals surface area (Å²) in [5.41, 5.74) is 1.09. The van der Waals surface area contributed by atoms with Gasteiger partial charge in [0.2, 0.25) is 15.9 Å². The predicted octanol–water partition coefficient (Wildman–Crippen LogP) is 3.39. The first kappa shape index (κ1) is 19.6. The number of hydrogen-bond donors (Lipinski definition) is 2. The molecule has 10 heteroatoms. The number of nitrogens with zero attached hydrogens (tertiary/aromatic N) is 2. The lowest BCUT2D eigenvalue weighted by molar-refractivity contribution is -0.111. The molecular weight excluding hydrogens is 408 g/mol. The molecule has 1 amide bonds. The van der Waals surface area contributed by atoms with E-state index in [1.54, 1.807) is 24.3 Å². The first-order valence-electron chi connectivity index (χ1n) is 7.99. The maximum Gasteiger partial charge on any atom is 0.248 e. The van der Waals surface area contributed by atoms with Crippen molar-refractivity contribution in [2.24, 2.45) is 0 Å². The van der Waals surface area contributed by atoms with E-state index in [1.165, 1.54) is 41.7 Å². The molecule has 0 aliphatic carbocycles. The van der Waals surface area contributed by atoms with Gasteiger partial charge in [0.1, 0.15) is 0 Å². The lowest BCUT2D eigenvalue weighted by Crippen LogP contribution is -2.30. The summed E-state index contributed by atoms with van der Waals surface area (Å²) in [5.74, 6) is -0.368. The molecule has 0 fully saturated rings. The summed E-state index contributed by atoms with van der Waals surface area (Å²) < 4.78 is 28.5. The molecule has 0 radical (unpaired) electrons. The quantitative estimate of drug-likeness (QED) is 0.593. The van der Waals surface area contributed by atoms with Gasteiger partial charge in [0.25, 0.3) is 0 Å². The monoisotopic (exact) mass is 424 g/mol. The number of rotatable bonds is 6. The van der Waals surface area contributed by atoms with Crippen LogP contribution in [0.4, 0.5) is 5.69 Å². The van der Waals surface area contributed by atoms with Crippen molar-refractivity contribution in [3.8, 4) is 0 Å². The van der Waals surface area contributed by atoms with Gasteiger partial charge in [-0.25, -0.2) is 18.1 Å². The number of hydrogen-bond acceptors (Lipinski definition) is 5. The number of carbonyl (C=O) groups is 1. The van der Waals surface area contributed by atoms with Crippen LogP contribution in [0.5, 0.6) is 0 Å². The zero-order valence-electron chi connectivity index (χ0n) is 14.5. The summed E-state index contributed by atoms with van der Waals surface area (Å²) in [4.78, 5) is 17.2. The van der Waals surface area contributed by atoms with Crippen LogP contribution in [0.3, 0.4) is 0 Å². The van der Waals surface area contributed by atoms with Crippen molar-refractivity contribution in [1.29, 1.82) is 0 Å². The molecule has 3 aromatic rings. The van der Waals surface area contributed by atoms with Crippen LogP contribution in [0, 0.1) is 0 Å². The van der Waals surface area contributed by atoms with Gasteiger partial charge in [0.05, 0.1) is 10.6 Å². The maximum absolute atomic E-state index is 12.1. The Hall–Kier alpha value is -2.20. The van der Waals surface area contributed by atoms with Crippen molar-refractivity contribution in [2.75, 3.05) is 5.32 Å². The topological polar surface area (TPSA) is 92.6 Å². The van der Waals surface area contributed by atoms with Gasteiger partial charge in [-0.1, -0.05) is 11.6 Å². The Morgan fingerprint density at radius 2 is 2.00 bits per heavy atom. The number of fused-ring (bicyclic) bond motifs is 1. The van der Waals surface area contributed by atoms with E-state index in [2.05, 4.69) is 15.0 Å². The van der Waals surface area contributed by atoms with E-state index < -0.39 is 10.0 Å². The SMILES string of the molecule is CC(C)NS(=O)(=O)c1ccc(NC(=O)/C=C/c2c(Cl)nc3sccn23)cc1. The summed E-state index contributed by atoms with van der Waals surface area (Å²) in [5, 5.41) is 4.87. The minimum absolute atomic E-state index is 0.135. The Labute approximate surface area is 165 Å². The first-order valence-corrected chi connectivity index (χ1v) is 10.7. The minimum Gasteiger partial charge on any atom is -0.323 e. The van der Waals surface area contributed by atoms with Crippen molar-refractivity contribution < 1.29 is 13.2 Å². The number of nitrogens with one attached hydrogen (secondary N) is 2. The molecule has 0 saturated carbocycles. The van der Waals surface area contributed by atoms with Gasteiger partial charge in [0.15, 0.2) is 10.1 Å². The molecule has 0 unspecified atom stereocenters. The molecule has 0 aliphatic rings. The standard InChI is InChI=1S/C17H17ClN4O3S2/c1-11(2)21-27(24,25)13-5-3-12(4-6-13)19-15(23)8-7-14-16(18)20-17-22(14)9-10-26-17/h3-11,21H,1-2H3,(H,19,23)/b8-7+. The fraction of sp³-hybridized carbons (Fsp3) is 0.176.